The van der Waals surface area contributed by atoms with E-state index in [1.165, 1.54) is 52.3 Å². The van der Waals surface area contributed by atoms with Crippen molar-refractivity contribution in [2.75, 3.05) is 19.6 Å². The van der Waals surface area contributed by atoms with Crippen molar-refractivity contribution < 1.29 is 14.1 Å². The van der Waals surface area contributed by atoms with Crippen molar-refractivity contribution in [1.82, 2.24) is 5.32 Å². The maximum absolute atomic E-state index is 14.1. The zero-order chi connectivity index (χ0) is 19.5. The molecule has 1 fully saturated rings. The van der Waals surface area contributed by atoms with Crippen LogP contribution in [0, 0.1) is 5.82 Å². The number of quaternary nitrogens is 1. The third-order valence-electron chi connectivity index (χ3n) is 5.59. The van der Waals surface area contributed by atoms with E-state index in [1.807, 2.05) is 12.1 Å². The number of amides is 1. The molecule has 3 nitrogen and oxygen atoms in total. The van der Waals surface area contributed by atoms with Gasteiger partial charge in [0.1, 0.15) is 11.9 Å². The number of nitrogens with one attached hydrogen (secondary N) is 2. The molecule has 1 aliphatic heterocycles. The van der Waals surface area contributed by atoms with E-state index in [1.54, 1.807) is 0 Å². The van der Waals surface area contributed by atoms with Gasteiger partial charge in [-0.25, -0.2) is 4.39 Å². The average molecular weight is 398 g/mol. The van der Waals surface area contributed by atoms with Crippen molar-refractivity contribution in [2.45, 2.75) is 18.9 Å². The van der Waals surface area contributed by atoms with Crippen molar-refractivity contribution >= 4 is 28.3 Å². The Morgan fingerprint density at radius 2 is 1.75 bits per heavy atom. The molecule has 1 saturated heterocycles. The van der Waals surface area contributed by atoms with Gasteiger partial charge in [-0.05, 0) is 22.9 Å². The van der Waals surface area contributed by atoms with Crippen LogP contribution in [0.5, 0.6) is 0 Å². The summed E-state index contributed by atoms with van der Waals surface area (Å²) in [5.41, 5.74) is 1.13. The second kappa shape index (κ2) is 8.29. The van der Waals surface area contributed by atoms with Crippen molar-refractivity contribution in [3.8, 4) is 0 Å². The van der Waals surface area contributed by atoms with Gasteiger partial charge < -0.3 is 10.2 Å². The Morgan fingerprint density at radius 1 is 1.04 bits per heavy atom. The lowest BCUT2D eigenvalue weighted by Gasteiger charge is -2.26. The van der Waals surface area contributed by atoms with Gasteiger partial charge in [-0.3, -0.25) is 4.79 Å². The Kier molecular flexibility index (Phi) is 5.60. The molecule has 5 heteroatoms. The molecular formula is C23H23ClFN2O+. The molecule has 1 atom stereocenters. The zero-order valence-electron chi connectivity index (χ0n) is 15.6. The molecule has 3 aromatic carbocycles. The van der Waals surface area contributed by atoms with E-state index in [2.05, 4.69) is 35.6 Å². The van der Waals surface area contributed by atoms with Crippen molar-refractivity contribution in [2.24, 2.45) is 0 Å². The summed E-state index contributed by atoms with van der Waals surface area (Å²) in [6.07, 6.45) is 2.37. The molecule has 0 bridgehead atoms. The maximum Gasteiger partial charge on any atom is 0.256 e. The molecular weight excluding hydrogens is 375 g/mol. The molecule has 3 aromatic rings. The maximum atomic E-state index is 14.1. The van der Waals surface area contributed by atoms with Gasteiger partial charge in [-0.15, -0.1) is 0 Å². The largest absolute Gasteiger partial charge is 0.346 e. The van der Waals surface area contributed by atoms with Crippen LogP contribution in [0.25, 0.3) is 10.8 Å². The van der Waals surface area contributed by atoms with E-state index >= 15 is 0 Å². The standard InChI is InChI=1S/C23H22ClFN2O/c24-19-11-6-12-20(25)22(19)23(28)26-15-21(27-13-3-4-14-27)18-10-5-8-16-7-1-2-9-17(16)18/h1-2,5-12,21H,3-4,13-15H2,(H,26,28)/p+1/t21-/m1/s1. The molecule has 4 rings (SSSR count). The van der Waals surface area contributed by atoms with Crippen LogP contribution in [-0.4, -0.2) is 25.5 Å². The SMILES string of the molecule is O=C(NC[C@H](c1cccc2ccccc12)[NH+]1CCCC1)c1c(F)cccc1Cl. The Labute approximate surface area is 169 Å². The van der Waals surface area contributed by atoms with Crippen LogP contribution in [0.4, 0.5) is 4.39 Å². The third-order valence-corrected chi connectivity index (χ3v) is 5.91. The first-order valence-electron chi connectivity index (χ1n) is 9.69. The Bertz CT molecular complexity index is 975. The highest BCUT2D eigenvalue weighted by Crippen LogP contribution is 2.24. The summed E-state index contributed by atoms with van der Waals surface area (Å²) in [6.45, 7) is 2.58. The Hall–Kier alpha value is -2.43. The summed E-state index contributed by atoms with van der Waals surface area (Å²) < 4.78 is 14.1. The number of halogens is 2. The quantitative estimate of drug-likeness (QED) is 0.675. The summed E-state index contributed by atoms with van der Waals surface area (Å²) in [4.78, 5) is 14.1. The summed E-state index contributed by atoms with van der Waals surface area (Å²) in [5, 5.41) is 5.46. The van der Waals surface area contributed by atoms with Crippen molar-refractivity contribution in [3.05, 3.63) is 82.6 Å². The number of benzene rings is 3. The molecule has 0 radical (unpaired) electrons. The average Bonchev–Trinajstić information content (AvgIpc) is 3.23. The second-order valence-electron chi connectivity index (χ2n) is 7.29. The van der Waals surface area contributed by atoms with Crippen LogP contribution in [0.1, 0.15) is 34.8 Å². The first kappa shape index (κ1) is 18.9. The summed E-state index contributed by atoms with van der Waals surface area (Å²) in [7, 11) is 0. The number of hydrogen-bond acceptors (Lipinski definition) is 1. The van der Waals surface area contributed by atoms with Crippen LogP contribution >= 0.6 is 11.6 Å². The number of rotatable bonds is 5. The molecule has 1 amide bonds. The molecule has 0 unspecified atom stereocenters. The third kappa shape index (κ3) is 3.75. The fourth-order valence-corrected chi connectivity index (χ4v) is 4.45. The molecule has 144 valence electrons. The fraction of sp³-hybridized carbons (Fsp3) is 0.261. The minimum Gasteiger partial charge on any atom is -0.346 e. The number of fused-ring (bicyclic) bond motifs is 1. The summed E-state index contributed by atoms with van der Waals surface area (Å²) >= 11 is 6.06. The van der Waals surface area contributed by atoms with Gasteiger partial charge in [0.15, 0.2) is 0 Å². The monoisotopic (exact) mass is 397 g/mol. The van der Waals surface area contributed by atoms with Gasteiger partial charge in [0, 0.05) is 18.4 Å². The lowest BCUT2D eigenvalue weighted by atomic mass is 9.97. The lowest BCUT2D eigenvalue weighted by Crippen LogP contribution is -3.11. The summed E-state index contributed by atoms with van der Waals surface area (Å²) in [5.74, 6) is -1.06. The molecule has 28 heavy (non-hydrogen) atoms. The highest BCUT2D eigenvalue weighted by molar-refractivity contribution is 6.33. The molecule has 0 spiro atoms. The highest BCUT2D eigenvalue weighted by atomic mass is 35.5. The van der Waals surface area contributed by atoms with Crippen LogP contribution in [0.15, 0.2) is 60.7 Å². The topological polar surface area (TPSA) is 33.5 Å². The van der Waals surface area contributed by atoms with E-state index in [0.717, 1.165) is 13.1 Å². The predicted molar refractivity (Wildman–Crippen MR) is 110 cm³/mol. The smallest absolute Gasteiger partial charge is 0.256 e. The molecule has 1 aliphatic rings. The number of carbonyl (C=O) groups excluding carboxylic acids is 1. The summed E-state index contributed by atoms with van der Waals surface area (Å²) in [6, 6.07) is 19.0. The first-order valence-corrected chi connectivity index (χ1v) is 10.1. The normalized spacial score (nSPS) is 15.6. The number of hydrogen-bond donors (Lipinski definition) is 2. The van der Waals surface area contributed by atoms with E-state index in [0.29, 0.717) is 6.54 Å². The van der Waals surface area contributed by atoms with E-state index in [4.69, 9.17) is 11.6 Å². The minimum atomic E-state index is -0.597. The van der Waals surface area contributed by atoms with Gasteiger partial charge in [0.25, 0.3) is 5.91 Å². The van der Waals surface area contributed by atoms with Gasteiger partial charge in [0.05, 0.1) is 30.2 Å². The Balaban J connectivity index is 1.63. The van der Waals surface area contributed by atoms with E-state index in [9.17, 15) is 9.18 Å². The van der Waals surface area contributed by atoms with E-state index in [-0.39, 0.29) is 16.6 Å². The fourth-order valence-electron chi connectivity index (χ4n) is 4.20. The van der Waals surface area contributed by atoms with Gasteiger partial charge in [-0.2, -0.15) is 0 Å². The van der Waals surface area contributed by atoms with Crippen LogP contribution in [0.3, 0.4) is 0 Å². The van der Waals surface area contributed by atoms with Crippen molar-refractivity contribution in [3.63, 3.8) is 0 Å². The van der Waals surface area contributed by atoms with Gasteiger partial charge in [-0.1, -0.05) is 60.1 Å². The van der Waals surface area contributed by atoms with Gasteiger partial charge >= 0.3 is 0 Å². The lowest BCUT2D eigenvalue weighted by molar-refractivity contribution is -0.918. The van der Waals surface area contributed by atoms with Crippen LogP contribution in [-0.2, 0) is 0 Å². The second-order valence-corrected chi connectivity index (χ2v) is 7.70. The minimum absolute atomic E-state index is 0.0859. The predicted octanol–water partition coefficient (Wildman–Crippen LogP) is 3.78. The van der Waals surface area contributed by atoms with Crippen LogP contribution < -0.4 is 10.2 Å². The molecule has 0 aromatic heterocycles. The molecule has 0 aliphatic carbocycles. The molecule has 2 N–H and O–H groups in total. The zero-order valence-corrected chi connectivity index (χ0v) is 16.3. The number of carbonyl (C=O) groups is 1. The van der Waals surface area contributed by atoms with Crippen molar-refractivity contribution in [1.29, 1.82) is 0 Å². The van der Waals surface area contributed by atoms with Crippen LogP contribution in [0.2, 0.25) is 5.02 Å². The first-order chi connectivity index (χ1) is 13.6. The molecule has 1 heterocycles. The van der Waals surface area contributed by atoms with Gasteiger partial charge in [0.2, 0.25) is 0 Å². The Morgan fingerprint density at radius 3 is 2.54 bits per heavy atom. The molecule has 0 saturated carbocycles. The van der Waals surface area contributed by atoms with E-state index < -0.39 is 11.7 Å². The highest BCUT2D eigenvalue weighted by Gasteiger charge is 2.29. The number of likely N-dealkylation sites (tertiary alicyclic amines) is 1.